The highest BCUT2D eigenvalue weighted by Gasteiger charge is 2.27. The Morgan fingerprint density at radius 2 is 1.35 bits per heavy atom. The molecule has 0 saturated carbocycles. The van der Waals surface area contributed by atoms with Crippen LogP contribution < -0.4 is 10.6 Å². The van der Waals surface area contributed by atoms with Gasteiger partial charge in [0.2, 0.25) is 5.91 Å². The summed E-state index contributed by atoms with van der Waals surface area (Å²) in [4.78, 5) is 37.4. The van der Waals surface area contributed by atoms with E-state index in [4.69, 9.17) is 4.74 Å². The van der Waals surface area contributed by atoms with Crippen molar-refractivity contribution in [3.8, 4) is 0 Å². The molecule has 0 aliphatic rings. The van der Waals surface area contributed by atoms with Gasteiger partial charge in [0, 0.05) is 17.3 Å². The number of amides is 2. The number of alkyl carbamates (subject to hydrolysis) is 1. The number of benzene rings is 3. The fourth-order valence-corrected chi connectivity index (χ4v) is 3.78. The van der Waals surface area contributed by atoms with Crippen molar-refractivity contribution < 1.29 is 24.2 Å². The average Bonchev–Trinajstić information content (AvgIpc) is 2.83. The van der Waals surface area contributed by atoms with Crippen LogP contribution in [0.15, 0.2) is 89.4 Å². The topological polar surface area (TPSA) is 105 Å². The van der Waals surface area contributed by atoms with Gasteiger partial charge in [-0.15, -0.1) is 0 Å². The van der Waals surface area contributed by atoms with E-state index in [0.717, 1.165) is 21.2 Å². The van der Waals surface area contributed by atoms with Crippen molar-refractivity contribution in [2.45, 2.75) is 31.5 Å². The summed E-state index contributed by atoms with van der Waals surface area (Å²) in [5, 5.41) is 14.8. The van der Waals surface area contributed by atoms with E-state index in [0.29, 0.717) is 0 Å². The Hall–Kier alpha value is -3.65. The summed E-state index contributed by atoms with van der Waals surface area (Å²) in [6.45, 7) is 0.0486. The maximum Gasteiger partial charge on any atom is 0.408 e. The number of hydrogen-bond acceptors (Lipinski definition) is 4. The van der Waals surface area contributed by atoms with E-state index in [2.05, 4.69) is 26.6 Å². The van der Waals surface area contributed by atoms with Crippen LogP contribution in [0.5, 0.6) is 0 Å². The second-order valence-corrected chi connectivity index (χ2v) is 8.60. The van der Waals surface area contributed by atoms with E-state index >= 15 is 0 Å². The molecule has 3 N–H and O–H groups in total. The summed E-state index contributed by atoms with van der Waals surface area (Å²) >= 11 is 3.36. The van der Waals surface area contributed by atoms with Crippen LogP contribution in [0.2, 0.25) is 0 Å². The zero-order valence-electron chi connectivity index (χ0n) is 18.3. The third kappa shape index (κ3) is 8.04. The van der Waals surface area contributed by atoms with Crippen LogP contribution in [0, 0.1) is 0 Å². The Labute approximate surface area is 206 Å². The van der Waals surface area contributed by atoms with Gasteiger partial charge in [-0.25, -0.2) is 9.59 Å². The van der Waals surface area contributed by atoms with Gasteiger partial charge < -0.3 is 20.5 Å². The molecule has 0 radical (unpaired) electrons. The van der Waals surface area contributed by atoms with E-state index < -0.39 is 30.1 Å². The minimum atomic E-state index is -1.17. The number of halogens is 1. The molecule has 8 heteroatoms. The molecule has 176 valence electrons. The Balaban J connectivity index is 1.69. The Morgan fingerprint density at radius 1 is 0.765 bits per heavy atom. The van der Waals surface area contributed by atoms with Crippen molar-refractivity contribution in [1.29, 1.82) is 0 Å². The lowest BCUT2D eigenvalue weighted by Gasteiger charge is -2.21. The molecule has 2 atom stereocenters. The first-order valence-corrected chi connectivity index (χ1v) is 11.5. The molecular weight excluding hydrogens is 500 g/mol. The number of ether oxygens (including phenoxy) is 1. The van der Waals surface area contributed by atoms with Crippen LogP contribution in [0.4, 0.5) is 4.79 Å². The first-order valence-electron chi connectivity index (χ1n) is 10.7. The normalized spacial score (nSPS) is 12.3. The van der Waals surface area contributed by atoms with E-state index in [9.17, 15) is 19.5 Å². The number of rotatable bonds is 10. The highest BCUT2D eigenvalue weighted by molar-refractivity contribution is 9.10. The number of carboxylic acid groups (broad SMARTS) is 1. The monoisotopic (exact) mass is 524 g/mol. The van der Waals surface area contributed by atoms with E-state index in [1.165, 1.54) is 0 Å². The van der Waals surface area contributed by atoms with E-state index in [-0.39, 0.29) is 19.4 Å². The SMILES string of the molecule is O=C(N[C@H](Cc1ccccc1)C(=O)N[C@@H](Cc1cccc(Br)c1)C(=O)O)OCc1ccccc1. The minimum absolute atomic E-state index is 0.0486. The number of carbonyl (C=O) groups excluding carboxylic acids is 2. The van der Waals surface area contributed by atoms with E-state index in [1.54, 1.807) is 18.2 Å². The molecule has 0 bridgehead atoms. The summed E-state index contributed by atoms with van der Waals surface area (Å²) < 4.78 is 6.07. The fourth-order valence-electron chi connectivity index (χ4n) is 3.34. The molecule has 0 fully saturated rings. The first-order chi connectivity index (χ1) is 16.4. The van der Waals surface area contributed by atoms with Crippen LogP contribution in [-0.2, 0) is 33.8 Å². The number of nitrogens with one attached hydrogen (secondary N) is 2. The Morgan fingerprint density at radius 3 is 1.97 bits per heavy atom. The fraction of sp³-hybridized carbons (Fsp3) is 0.192. The molecule has 0 unspecified atom stereocenters. The zero-order chi connectivity index (χ0) is 24.3. The second kappa shape index (κ2) is 12.6. The number of aliphatic carboxylic acids is 1. The van der Waals surface area contributed by atoms with Gasteiger partial charge in [0.1, 0.15) is 18.7 Å². The van der Waals surface area contributed by atoms with E-state index in [1.807, 2.05) is 66.7 Å². The lowest BCUT2D eigenvalue weighted by molar-refractivity contribution is -0.142. The molecule has 3 aromatic carbocycles. The smallest absolute Gasteiger partial charge is 0.408 e. The first kappa shape index (κ1) is 25.0. The molecule has 0 aromatic heterocycles. The highest BCUT2D eigenvalue weighted by atomic mass is 79.9. The number of hydrogen-bond donors (Lipinski definition) is 3. The van der Waals surface area contributed by atoms with Gasteiger partial charge in [0.05, 0.1) is 0 Å². The maximum absolute atomic E-state index is 13.1. The third-order valence-electron chi connectivity index (χ3n) is 5.05. The van der Waals surface area contributed by atoms with Crippen LogP contribution in [0.1, 0.15) is 16.7 Å². The molecule has 0 aliphatic carbocycles. The second-order valence-electron chi connectivity index (χ2n) is 7.68. The van der Waals surface area contributed by atoms with Crippen molar-refractivity contribution in [2.24, 2.45) is 0 Å². The van der Waals surface area contributed by atoms with Crippen LogP contribution in [0.25, 0.3) is 0 Å². The molecule has 0 spiro atoms. The molecule has 2 amide bonds. The molecular formula is C26H25BrN2O5. The summed E-state index contributed by atoms with van der Waals surface area (Å²) in [5.74, 6) is -1.78. The predicted octanol–water partition coefficient (Wildman–Crippen LogP) is 4.10. The standard InChI is InChI=1S/C26H25BrN2O5/c27-21-13-7-12-20(14-21)16-23(25(31)32)28-24(30)22(15-18-8-3-1-4-9-18)29-26(33)34-17-19-10-5-2-6-11-19/h1-14,22-23H,15-17H2,(H,28,30)(H,29,33)(H,31,32)/t22-,23+/m1/s1. The molecule has 3 aromatic rings. The average molecular weight is 525 g/mol. The van der Waals surface area contributed by atoms with Gasteiger partial charge in [0.25, 0.3) is 0 Å². The Bertz CT molecular complexity index is 1110. The third-order valence-corrected chi connectivity index (χ3v) is 5.54. The molecule has 7 nitrogen and oxygen atoms in total. The maximum atomic E-state index is 13.1. The lowest BCUT2D eigenvalue weighted by Crippen LogP contribution is -2.53. The van der Waals surface area contributed by atoms with Crippen molar-refractivity contribution in [2.75, 3.05) is 0 Å². The van der Waals surface area contributed by atoms with Gasteiger partial charge in [0.15, 0.2) is 0 Å². The predicted molar refractivity (Wildman–Crippen MR) is 131 cm³/mol. The van der Waals surface area contributed by atoms with Crippen molar-refractivity contribution in [3.63, 3.8) is 0 Å². The van der Waals surface area contributed by atoms with Crippen molar-refractivity contribution in [3.05, 3.63) is 106 Å². The zero-order valence-corrected chi connectivity index (χ0v) is 19.9. The van der Waals surface area contributed by atoms with Crippen molar-refractivity contribution >= 4 is 33.9 Å². The van der Waals surface area contributed by atoms with Crippen LogP contribution in [-0.4, -0.2) is 35.2 Å². The van der Waals surface area contributed by atoms with Gasteiger partial charge in [-0.05, 0) is 28.8 Å². The molecule has 34 heavy (non-hydrogen) atoms. The Kier molecular flexibility index (Phi) is 9.22. The summed E-state index contributed by atoms with van der Waals surface area (Å²) in [6.07, 6.45) is -0.494. The molecule has 3 rings (SSSR count). The van der Waals surface area contributed by atoms with Gasteiger partial charge in [-0.1, -0.05) is 88.7 Å². The van der Waals surface area contributed by atoms with Crippen molar-refractivity contribution in [1.82, 2.24) is 10.6 Å². The largest absolute Gasteiger partial charge is 0.480 e. The molecule has 0 aliphatic heterocycles. The molecule has 0 saturated heterocycles. The van der Waals surface area contributed by atoms with Gasteiger partial charge >= 0.3 is 12.1 Å². The summed E-state index contributed by atoms with van der Waals surface area (Å²) in [5.41, 5.74) is 2.36. The van der Waals surface area contributed by atoms with Crippen LogP contribution >= 0.6 is 15.9 Å². The van der Waals surface area contributed by atoms with Gasteiger partial charge in [-0.2, -0.15) is 0 Å². The number of carbonyl (C=O) groups is 3. The van der Waals surface area contributed by atoms with Crippen LogP contribution in [0.3, 0.4) is 0 Å². The quantitative estimate of drug-likeness (QED) is 0.370. The lowest BCUT2D eigenvalue weighted by atomic mass is 10.0. The number of carboxylic acids is 1. The minimum Gasteiger partial charge on any atom is -0.480 e. The van der Waals surface area contributed by atoms with Gasteiger partial charge in [-0.3, -0.25) is 4.79 Å². The highest BCUT2D eigenvalue weighted by Crippen LogP contribution is 2.14. The summed E-state index contributed by atoms with van der Waals surface area (Å²) in [7, 11) is 0. The summed E-state index contributed by atoms with van der Waals surface area (Å²) in [6, 6.07) is 23.3. The molecule has 0 heterocycles.